The molecule has 5 heteroatoms. The van der Waals surface area contributed by atoms with Gasteiger partial charge in [0.15, 0.2) is 0 Å². The highest BCUT2D eigenvalue weighted by Crippen LogP contribution is 2.27. The van der Waals surface area contributed by atoms with E-state index in [9.17, 15) is 0 Å². The van der Waals surface area contributed by atoms with E-state index in [4.69, 9.17) is 16.3 Å². The van der Waals surface area contributed by atoms with E-state index in [1.54, 1.807) is 0 Å². The van der Waals surface area contributed by atoms with Crippen LogP contribution in [0.3, 0.4) is 0 Å². The molecular formula is C13H18Br3ClO. The molecular weight excluding hydrogens is 447 g/mol. The quantitative estimate of drug-likeness (QED) is 0.373. The monoisotopic (exact) mass is 462 g/mol. The Hall–Kier alpha value is 1.17. The molecule has 0 spiro atoms. The van der Waals surface area contributed by atoms with E-state index in [0.717, 1.165) is 29.1 Å². The third-order valence-corrected chi connectivity index (χ3v) is 5.02. The minimum Gasteiger partial charge on any atom is -0.372 e. The number of rotatable bonds is 3. The Balaban J connectivity index is 2.76. The van der Waals surface area contributed by atoms with Crippen LogP contribution in [0.5, 0.6) is 0 Å². The maximum absolute atomic E-state index is 6.43. The van der Waals surface area contributed by atoms with Crippen LogP contribution in [0.25, 0.3) is 0 Å². The Bertz CT molecular complexity index is 303. The molecule has 0 aromatic carbocycles. The van der Waals surface area contributed by atoms with Crippen molar-refractivity contribution in [3.8, 4) is 0 Å². The third-order valence-electron chi connectivity index (χ3n) is 2.95. The fourth-order valence-corrected chi connectivity index (χ4v) is 3.26. The molecule has 0 aromatic rings. The summed E-state index contributed by atoms with van der Waals surface area (Å²) in [5.41, 5.74) is 0. The summed E-state index contributed by atoms with van der Waals surface area (Å²) < 4.78 is 7.14. The topological polar surface area (TPSA) is 9.23 Å². The lowest BCUT2D eigenvalue weighted by molar-refractivity contribution is -0.0123. The highest BCUT2D eigenvalue weighted by Gasteiger charge is 2.26. The molecule has 0 unspecified atom stereocenters. The zero-order valence-corrected chi connectivity index (χ0v) is 15.8. The normalized spacial score (nSPS) is 35.2. The molecule has 0 saturated carbocycles. The van der Waals surface area contributed by atoms with Crippen LogP contribution in [0.15, 0.2) is 21.6 Å². The fraction of sp³-hybridized carbons (Fsp3) is 0.692. The largest absolute Gasteiger partial charge is 0.372 e. The van der Waals surface area contributed by atoms with Crippen LogP contribution in [0.4, 0.5) is 0 Å². The Morgan fingerprint density at radius 1 is 1.33 bits per heavy atom. The summed E-state index contributed by atoms with van der Waals surface area (Å²) >= 11 is 16.9. The zero-order chi connectivity index (χ0) is 13.5. The Morgan fingerprint density at radius 2 is 2.00 bits per heavy atom. The van der Waals surface area contributed by atoms with Gasteiger partial charge in [0.2, 0.25) is 0 Å². The third kappa shape index (κ3) is 6.08. The van der Waals surface area contributed by atoms with Gasteiger partial charge in [-0.2, -0.15) is 0 Å². The van der Waals surface area contributed by atoms with E-state index < -0.39 is 0 Å². The van der Waals surface area contributed by atoms with Gasteiger partial charge in [0, 0.05) is 4.83 Å². The molecule has 104 valence electrons. The highest BCUT2D eigenvalue weighted by molar-refractivity contribution is 9.28. The van der Waals surface area contributed by atoms with E-state index in [0.29, 0.717) is 4.83 Å². The van der Waals surface area contributed by atoms with Crippen molar-refractivity contribution >= 4 is 59.4 Å². The van der Waals surface area contributed by atoms with Gasteiger partial charge in [-0.15, -0.1) is 11.6 Å². The lowest BCUT2D eigenvalue weighted by Gasteiger charge is -2.28. The number of hydrogen-bond donors (Lipinski definition) is 0. The molecule has 0 amide bonds. The van der Waals surface area contributed by atoms with Crippen molar-refractivity contribution in [2.75, 3.05) is 0 Å². The van der Waals surface area contributed by atoms with Gasteiger partial charge in [0.05, 0.1) is 21.0 Å². The van der Waals surface area contributed by atoms with E-state index in [-0.39, 0.29) is 17.6 Å². The van der Waals surface area contributed by atoms with Crippen molar-refractivity contribution < 1.29 is 4.74 Å². The van der Waals surface area contributed by atoms with E-state index in [1.165, 1.54) is 0 Å². The molecule has 0 aromatic heterocycles. The van der Waals surface area contributed by atoms with Crippen molar-refractivity contribution in [2.45, 2.75) is 55.0 Å². The van der Waals surface area contributed by atoms with Crippen molar-refractivity contribution in [3.63, 3.8) is 0 Å². The summed E-state index contributed by atoms with van der Waals surface area (Å²) in [5, 5.41) is 0.0173. The molecule has 1 nitrogen and oxygen atoms in total. The van der Waals surface area contributed by atoms with Gasteiger partial charge >= 0.3 is 0 Å². The van der Waals surface area contributed by atoms with Crippen LogP contribution < -0.4 is 0 Å². The smallest absolute Gasteiger partial charge is 0.0780 e. The molecule has 0 fully saturated rings. The van der Waals surface area contributed by atoms with Crippen LogP contribution >= 0.6 is 59.4 Å². The molecule has 0 saturated heterocycles. The molecule has 1 aliphatic heterocycles. The standard InChI is InChI=1S/C13H18Br3ClO/c1-2-11-9(14)5-3-4-6-10(17)12(18-11)7-8-13(15)16/h3-4,8-12H,2,5-7H2,1H3/b4-3-/t9-,10-,11-,12-/m0/s1. The second-order valence-corrected chi connectivity index (χ2v) is 8.84. The Morgan fingerprint density at radius 3 is 2.61 bits per heavy atom. The van der Waals surface area contributed by atoms with Gasteiger partial charge in [-0.05, 0) is 57.5 Å². The van der Waals surface area contributed by atoms with Crippen LogP contribution in [0.1, 0.15) is 32.6 Å². The first-order valence-corrected chi connectivity index (χ1v) is 9.08. The maximum atomic E-state index is 6.43. The first kappa shape index (κ1) is 17.2. The van der Waals surface area contributed by atoms with Crippen molar-refractivity contribution in [1.82, 2.24) is 0 Å². The molecule has 1 rings (SSSR count). The number of hydrogen-bond acceptors (Lipinski definition) is 1. The predicted molar refractivity (Wildman–Crippen MR) is 90.2 cm³/mol. The fourth-order valence-electron chi connectivity index (χ4n) is 1.91. The Kier molecular flexibility index (Phi) is 8.77. The second-order valence-electron chi connectivity index (χ2n) is 4.33. The van der Waals surface area contributed by atoms with Crippen LogP contribution in [0, 0.1) is 0 Å². The summed E-state index contributed by atoms with van der Waals surface area (Å²) in [7, 11) is 0. The molecule has 0 bridgehead atoms. The van der Waals surface area contributed by atoms with Gasteiger partial charge in [0.1, 0.15) is 0 Å². The molecule has 18 heavy (non-hydrogen) atoms. The minimum atomic E-state index is 0.0173. The first-order chi connectivity index (χ1) is 8.54. The molecule has 0 aliphatic carbocycles. The SMILES string of the molecule is CC[C@@H]1O[C@@H](CC=C(Br)Br)[C@@H](Cl)C/C=C\C[C@@H]1Br. The highest BCUT2D eigenvalue weighted by atomic mass is 79.9. The molecule has 0 radical (unpaired) electrons. The maximum Gasteiger partial charge on any atom is 0.0780 e. The van der Waals surface area contributed by atoms with Gasteiger partial charge in [-0.3, -0.25) is 0 Å². The van der Waals surface area contributed by atoms with Crippen molar-refractivity contribution in [2.24, 2.45) is 0 Å². The van der Waals surface area contributed by atoms with E-state index in [1.807, 2.05) is 0 Å². The van der Waals surface area contributed by atoms with E-state index >= 15 is 0 Å². The average Bonchev–Trinajstić information content (AvgIpc) is 2.39. The summed E-state index contributed by atoms with van der Waals surface area (Å²) in [4.78, 5) is 0.361. The summed E-state index contributed by atoms with van der Waals surface area (Å²) in [6.07, 6.45) is 10.3. The lowest BCUT2D eigenvalue weighted by atomic mass is 10.1. The summed E-state index contributed by atoms with van der Waals surface area (Å²) in [6, 6.07) is 0. The van der Waals surface area contributed by atoms with Gasteiger partial charge < -0.3 is 4.74 Å². The van der Waals surface area contributed by atoms with Gasteiger partial charge in [0.25, 0.3) is 0 Å². The number of ether oxygens (including phenoxy) is 1. The molecule has 1 aliphatic rings. The summed E-state index contributed by atoms with van der Waals surface area (Å²) in [6.45, 7) is 2.15. The van der Waals surface area contributed by atoms with Gasteiger partial charge in [-0.25, -0.2) is 0 Å². The molecule has 1 heterocycles. The number of allylic oxidation sites excluding steroid dienone is 2. The lowest BCUT2D eigenvalue weighted by Crippen LogP contribution is -2.33. The number of alkyl halides is 2. The average molecular weight is 465 g/mol. The zero-order valence-electron chi connectivity index (χ0n) is 10.3. The van der Waals surface area contributed by atoms with Crippen LogP contribution in [0.2, 0.25) is 0 Å². The van der Waals surface area contributed by atoms with Crippen molar-refractivity contribution in [3.05, 3.63) is 21.6 Å². The Labute approximate surface area is 140 Å². The van der Waals surface area contributed by atoms with E-state index in [2.05, 4.69) is 72.9 Å². The minimum absolute atomic E-state index is 0.0173. The predicted octanol–water partition coefficient (Wildman–Crippen LogP) is 5.89. The molecule has 0 N–H and O–H groups in total. The van der Waals surface area contributed by atoms with Crippen LogP contribution in [-0.2, 0) is 4.74 Å². The van der Waals surface area contributed by atoms with Crippen molar-refractivity contribution in [1.29, 1.82) is 0 Å². The van der Waals surface area contributed by atoms with Crippen LogP contribution in [-0.4, -0.2) is 22.4 Å². The second kappa shape index (κ2) is 9.17. The number of halogens is 4. The first-order valence-electron chi connectivity index (χ1n) is 6.14. The van der Waals surface area contributed by atoms with Gasteiger partial charge in [-0.1, -0.05) is 41.1 Å². The summed E-state index contributed by atoms with van der Waals surface area (Å²) in [5.74, 6) is 0. The molecule has 4 atom stereocenters.